The van der Waals surface area contributed by atoms with Crippen molar-refractivity contribution in [3.8, 4) is 11.8 Å². The number of hydrogen-bond acceptors (Lipinski definition) is 2. The standard InChI is InChI=1S/C21H19N3.2ClH/c1-2-6-17(7-3-1)10-11-18-12-14-24(15-13-18)16-21-22-19-8-4-5-9-20(19)23-21;;/h1-9,12H,13-16H2,(H,22,23);2*1H. The summed E-state index contributed by atoms with van der Waals surface area (Å²) in [7, 11) is 0. The summed E-state index contributed by atoms with van der Waals surface area (Å²) in [6.45, 7) is 2.80. The number of aromatic nitrogens is 2. The van der Waals surface area contributed by atoms with Crippen LogP contribution in [-0.2, 0) is 6.54 Å². The lowest BCUT2D eigenvalue weighted by atomic mass is 10.1. The molecule has 2 aromatic carbocycles. The SMILES string of the molecule is C(#Cc1ccccc1)C1=CCN(Cc2nc3ccccc3[nH]2)CC1.Cl.Cl. The first-order valence-electron chi connectivity index (χ1n) is 8.29. The van der Waals surface area contributed by atoms with Gasteiger partial charge in [-0.1, -0.05) is 48.2 Å². The van der Waals surface area contributed by atoms with E-state index >= 15 is 0 Å². The number of imidazole rings is 1. The predicted octanol–water partition coefficient (Wildman–Crippen LogP) is 4.59. The van der Waals surface area contributed by atoms with Crippen molar-refractivity contribution in [2.75, 3.05) is 13.1 Å². The zero-order chi connectivity index (χ0) is 16.2. The van der Waals surface area contributed by atoms with Crippen LogP contribution in [-0.4, -0.2) is 28.0 Å². The van der Waals surface area contributed by atoms with Gasteiger partial charge in [0.1, 0.15) is 5.82 Å². The number of benzene rings is 2. The molecule has 1 N–H and O–H groups in total. The highest BCUT2D eigenvalue weighted by molar-refractivity contribution is 5.85. The van der Waals surface area contributed by atoms with E-state index in [1.807, 2.05) is 48.5 Å². The molecule has 0 amide bonds. The Morgan fingerprint density at radius 1 is 0.962 bits per heavy atom. The number of hydrogen-bond donors (Lipinski definition) is 1. The van der Waals surface area contributed by atoms with Crippen LogP contribution in [0.5, 0.6) is 0 Å². The normalized spacial score (nSPS) is 13.8. The van der Waals surface area contributed by atoms with Crippen molar-refractivity contribution in [1.29, 1.82) is 0 Å². The summed E-state index contributed by atoms with van der Waals surface area (Å²) >= 11 is 0. The Morgan fingerprint density at radius 2 is 1.73 bits per heavy atom. The Kier molecular flexibility index (Phi) is 7.29. The van der Waals surface area contributed by atoms with Crippen LogP contribution in [0.2, 0.25) is 0 Å². The van der Waals surface area contributed by atoms with Gasteiger partial charge in [0.15, 0.2) is 0 Å². The third kappa shape index (κ3) is 4.89. The van der Waals surface area contributed by atoms with E-state index in [9.17, 15) is 0 Å². The molecule has 1 aliphatic heterocycles. The van der Waals surface area contributed by atoms with E-state index in [0.29, 0.717) is 0 Å². The number of rotatable bonds is 2. The lowest BCUT2D eigenvalue weighted by Crippen LogP contribution is -2.28. The molecule has 0 unspecified atom stereocenters. The number of fused-ring (bicyclic) bond motifs is 1. The fourth-order valence-electron chi connectivity index (χ4n) is 2.93. The van der Waals surface area contributed by atoms with E-state index in [0.717, 1.165) is 48.5 Å². The summed E-state index contributed by atoms with van der Waals surface area (Å²) in [6, 6.07) is 18.3. The highest BCUT2D eigenvalue weighted by Crippen LogP contribution is 2.15. The maximum Gasteiger partial charge on any atom is 0.121 e. The van der Waals surface area contributed by atoms with E-state index in [1.54, 1.807) is 0 Å². The molecule has 1 aliphatic rings. The predicted molar refractivity (Wildman–Crippen MR) is 112 cm³/mol. The van der Waals surface area contributed by atoms with Crippen LogP contribution in [0.1, 0.15) is 17.8 Å². The second-order valence-electron chi connectivity index (χ2n) is 6.03. The van der Waals surface area contributed by atoms with Crippen molar-refractivity contribution < 1.29 is 0 Å². The Hall–Kier alpha value is -2.25. The highest BCUT2D eigenvalue weighted by Gasteiger charge is 2.12. The molecular weight excluding hydrogens is 365 g/mol. The Balaban J connectivity index is 0.00000121. The molecule has 0 atom stereocenters. The third-order valence-electron chi connectivity index (χ3n) is 4.25. The minimum atomic E-state index is 0. The zero-order valence-corrected chi connectivity index (χ0v) is 15.9. The van der Waals surface area contributed by atoms with Gasteiger partial charge in [-0.15, -0.1) is 24.8 Å². The molecule has 0 aliphatic carbocycles. The molecule has 26 heavy (non-hydrogen) atoms. The minimum absolute atomic E-state index is 0. The van der Waals surface area contributed by atoms with Crippen LogP contribution >= 0.6 is 24.8 Å². The van der Waals surface area contributed by atoms with Crippen LogP contribution in [0, 0.1) is 11.8 Å². The fourth-order valence-corrected chi connectivity index (χ4v) is 2.93. The molecule has 0 saturated heterocycles. The topological polar surface area (TPSA) is 31.9 Å². The summed E-state index contributed by atoms with van der Waals surface area (Å²) in [4.78, 5) is 10.4. The highest BCUT2D eigenvalue weighted by atomic mass is 35.5. The number of H-pyrrole nitrogens is 1. The van der Waals surface area contributed by atoms with Crippen LogP contribution in [0.3, 0.4) is 0 Å². The molecule has 0 bridgehead atoms. The number of nitrogens with zero attached hydrogens (tertiary/aromatic N) is 2. The van der Waals surface area contributed by atoms with Gasteiger partial charge in [-0.25, -0.2) is 4.98 Å². The summed E-state index contributed by atoms with van der Waals surface area (Å²) < 4.78 is 0. The lowest BCUT2D eigenvalue weighted by molar-refractivity contribution is 0.282. The van der Waals surface area contributed by atoms with Crippen molar-refractivity contribution in [3.63, 3.8) is 0 Å². The molecule has 1 aromatic heterocycles. The van der Waals surface area contributed by atoms with E-state index in [4.69, 9.17) is 0 Å². The smallest absolute Gasteiger partial charge is 0.121 e. The van der Waals surface area contributed by atoms with Crippen molar-refractivity contribution in [3.05, 3.63) is 77.6 Å². The molecule has 3 nitrogen and oxygen atoms in total. The average molecular weight is 386 g/mol. The van der Waals surface area contributed by atoms with E-state index in [2.05, 4.69) is 38.9 Å². The van der Waals surface area contributed by atoms with Crippen molar-refractivity contribution >= 4 is 35.8 Å². The van der Waals surface area contributed by atoms with Crippen LogP contribution < -0.4 is 0 Å². The molecule has 0 radical (unpaired) electrons. The lowest BCUT2D eigenvalue weighted by Gasteiger charge is -2.23. The molecule has 3 aromatic rings. The monoisotopic (exact) mass is 385 g/mol. The maximum absolute atomic E-state index is 4.66. The number of nitrogens with one attached hydrogen (secondary N) is 1. The number of aromatic amines is 1. The minimum Gasteiger partial charge on any atom is -0.341 e. The van der Waals surface area contributed by atoms with Gasteiger partial charge in [0.2, 0.25) is 0 Å². The Bertz CT molecular complexity index is 903. The van der Waals surface area contributed by atoms with Crippen molar-refractivity contribution in [1.82, 2.24) is 14.9 Å². The molecule has 0 fully saturated rings. The van der Waals surface area contributed by atoms with E-state index < -0.39 is 0 Å². The quantitative estimate of drug-likeness (QED) is 0.654. The summed E-state index contributed by atoms with van der Waals surface area (Å²) in [5.74, 6) is 7.58. The average Bonchev–Trinajstić information content (AvgIpc) is 3.04. The summed E-state index contributed by atoms with van der Waals surface area (Å²) in [6.07, 6.45) is 3.24. The van der Waals surface area contributed by atoms with Gasteiger partial charge < -0.3 is 4.98 Å². The van der Waals surface area contributed by atoms with Gasteiger partial charge in [-0.05, 0) is 30.7 Å². The molecule has 4 rings (SSSR count). The van der Waals surface area contributed by atoms with E-state index in [1.165, 1.54) is 5.57 Å². The van der Waals surface area contributed by atoms with Gasteiger partial charge in [0.25, 0.3) is 0 Å². The first-order chi connectivity index (χ1) is 11.9. The largest absolute Gasteiger partial charge is 0.341 e. The molecule has 2 heterocycles. The summed E-state index contributed by atoms with van der Waals surface area (Å²) in [5, 5.41) is 0. The maximum atomic E-state index is 4.66. The second kappa shape index (κ2) is 9.45. The fraction of sp³-hybridized carbons (Fsp3) is 0.190. The van der Waals surface area contributed by atoms with Gasteiger partial charge in [0.05, 0.1) is 17.6 Å². The first kappa shape index (κ1) is 20.1. The van der Waals surface area contributed by atoms with Gasteiger partial charge in [-0.3, -0.25) is 4.90 Å². The Labute approximate surface area is 166 Å². The molecule has 5 heteroatoms. The number of halogens is 2. The molecule has 0 saturated carbocycles. The van der Waals surface area contributed by atoms with Crippen LogP contribution in [0.15, 0.2) is 66.2 Å². The van der Waals surface area contributed by atoms with Crippen LogP contribution in [0.4, 0.5) is 0 Å². The van der Waals surface area contributed by atoms with Crippen molar-refractivity contribution in [2.45, 2.75) is 13.0 Å². The van der Waals surface area contributed by atoms with Gasteiger partial charge in [0, 0.05) is 24.2 Å². The van der Waals surface area contributed by atoms with Gasteiger partial charge in [-0.2, -0.15) is 0 Å². The molecular formula is C21H21Cl2N3. The molecule has 0 spiro atoms. The Morgan fingerprint density at radius 3 is 2.46 bits per heavy atom. The third-order valence-corrected chi connectivity index (χ3v) is 4.25. The second-order valence-corrected chi connectivity index (χ2v) is 6.03. The molecule has 134 valence electrons. The van der Waals surface area contributed by atoms with Crippen LogP contribution in [0.25, 0.3) is 11.0 Å². The zero-order valence-electron chi connectivity index (χ0n) is 14.3. The van der Waals surface area contributed by atoms with E-state index in [-0.39, 0.29) is 24.8 Å². The number of para-hydroxylation sites is 2. The van der Waals surface area contributed by atoms with Crippen molar-refractivity contribution in [2.24, 2.45) is 0 Å². The first-order valence-corrected chi connectivity index (χ1v) is 8.29. The summed E-state index contributed by atoms with van der Waals surface area (Å²) in [5.41, 5.74) is 4.45. The van der Waals surface area contributed by atoms with Gasteiger partial charge >= 0.3 is 0 Å².